The highest BCUT2D eigenvalue weighted by molar-refractivity contribution is 7.89. The molecule has 20 heavy (non-hydrogen) atoms. The van der Waals surface area contributed by atoms with Gasteiger partial charge in [0.1, 0.15) is 6.54 Å². The van der Waals surface area contributed by atoms with E-state index < -0.39 is 22.7 Å². The molecule has 0 fully saturated rings. The van der Waals surface area contributed by atoms with Gasteiger partial charge in [0.25, 0.3) is 0 Å². The Balaban J connectivity index is 3.21. The topological polar surface area (TPSA) is 63.4 Å². The van der Waals surface area contributed by atoms with Crippen LogP contribution in [0.1, 0.15) is 18.1 Å². The molecule has 0 unspecified atom stereocenters. The molecule has 0 aliphatic heterocycles. The molecular weight excluding hydrogens is 293 g/mol. The fourth-order valence-electron chi connectivity index (χ4n) is 1.83. The van der Waals surface area contributed by atoms with Gasteiger partial charge in [-0.1, -0.05) is 19.1 Å². The summed E-state index contributed by atoms with van der Waals surface area (Å²) in [6.45, 7) is 1.39. The summed E-state index contributed by atoms with van der Waals surface area (Å²) in [5.74, 6) is 0. The molecule has 0 aliphatic carbocycles. The second-order valence-corrected chi connectivity index (χ2v) is 6.26. The Hall–Kier alpha value is -1.12. The Kier molecular flexibility index (Phi) is 5.17. The van der Waals surface area contributed by atoms with E-state index >= 15 is 0 Å². The summed E-state index contributed by atoms with van der Waals surface area (Å²) in [6.07, 6.45) is -4.58. The Bertz CT molecular complexity index is 571. The lowest BCUT2D eigenvalue weighted by molar-refractivity contribution is -0.135. The van der Waals surface area contributed by atoms with Crippen LogP contribution >= 0.6 is 0 Å². The van der Waals surface area contributed by atoms with Gasteiger partial charge in [0, 0.05) is 13.1 Å². The predicted octanol–water partition coefficient (Wildman–Crippen LogP) is 2.03. The van der Waals surface area contributed by atoms with E-state index in [1.165, 1.54) is 26.0 Å². The lowest BCUT2D eigenvalue weighted by atomic mass is 10.1. The molecule has 2 N–H and O–H groups in total. The normalized spacial score (nSPS) is 12.9. The molecule has 1 aromatic carbocycles. The number of nitrogens with two attached hydrogens (primary N) is 1. The first-order chi connectivity index (χ1) is 9.11. The second-order valence-electron chi connectivity index (χ2n) is 4.35. The summed E-state index contributed by atoms with van der Waals surface area (Å²) in [4.78, 5) is -0.124. The third-order valence-electron chi connectivity index (χ3n) is 2.80. The second kappa shape index (κ2) is 6.11. The van der Waals surface area contributed by atoms with E-state index in [0.717, 1.165) is 5.56 Å². The number of nitrogens with zero attached hydrogens (tertiary/aromatic N) is 1. The van der Waals surface area contributed by atoms with E-state index in [1.54, 1.807) is 6.07 Å². The molecule has 0 atom stereocenters. The summed E-state index contributed by atoms with van der Waals surface area (Å²) < 4.78 is 62.2. The monoisotopic (exact) mass is 310 g/mol. The first-order valence-corrected chi connectivity index (χ1v) is 7.42. The molecular formula is C12H17F3N2O2S. The van der Waals surface area contributed by atoms with E-state index in [9.17, 15) is 21.6 Å². The standard InChI is InChI=1S/C12H17F3N2O2S/c1-3-17(8-12(13,14)15)20(18,19)11-5-4-10(7-16)6-9(11)2/h4-6H,3,7-8,16H2,1-2H3. The largest absolute Gasteiger partial charge is 0.402 e. The van der Waals surface area contributed by atoms with E-state index in [0.29, 0.717) is 9.87 Å². The SMILES string of the molecule is CCN(CC(F)(F)F)S(=O)(=O)c1ccc(CN)cc1C. The fourth-order valence-corrected chi connectivity index (χ4v) is 3.47. The number of sulfonamides is 1. The van der Waals surface area contributed by atoms with Crippen LogP contribution in [0.5, 0.6) is 0 Å². The molecule has 0 saturated carbocycles. The molecule has 8 heteroatoms. The van der Waals surface area contributed by atoms with Gasteiger partial charge >= 0.3 is 6.18 Å². The summed E-state index contributed by atoms with van der Waals surface area (Å²) in [7, 11) is -4.17. The third kappa shape index (κ3) is 3.94. The van der Waals surface area contributed by atoms with Gasteiger partial charge in [-0.3, -0.25) is 0 Å². The van der Waals surface area contributed by atoms with Crippen molar-refractivity contribution in [1.82, 2.24) is 4.31 Å². The highest BCUT2D eigenvalue weighted by atomic mass is 32.2. The zero-order valence-corrected chi connectivity index (χ0v) is 12.1. The smallest absolute Gasteiger partial charge is 0.326 e. The van der Waals surface area contributed by atoms with Gasteiger partial charge in [0.05, 0.1) is 4.90 Å². The number of benzene rings is 1. The van der Waals surface area contributed by atoms with Crippen LogP contribution < -0.4 is 5.73 Å². The maximum absolute atomic E-state index is 12.4. The van der Waals surface area contributed by atoms with Crippen LogP contribution in [0.25, 0.3) is 0 Å². The quantitative estimate of drug-likeness (QED) is 0.905. The molecule has 0 saturated heterocycles. The van der Waals surface area contributed by atoms with Crippen LogP contribution in [-0.2, 0) is 16.6 Å². The molecule has 0 aliphatic rings. The van der Waals surface area contributed by atoms with Crippen molar-refractivity contribution >= 4 is 10.0 Å². The number of halogens is 3. The van der Waals surface area contributed by atoms with Crippen LogP contribution in [0.4, 0.5) is 13.2 Å². The van der Waals surface area contributed by atoms with Crippen molar-refractivity contribution in [3.05, 3.63) is 29.3 Å². The van der Waals surface area contributed by atoms with Gasteiger partial charge < -0.3 is 5.73 Å². The number of hydrogen-bond donors (Lipinski definition) is 1. The van der Waals surface area contributed by atoms with Crippen LogP contribution in [-0.4, -0.2) is 32.0 Å². The van der Waals surface area contributed by atoms with E-state index in [-0.39, 0.29) is 18.0 Å². The molecule has 0 spiro atoms. The Labute approximate surface area is 116 Å². The van der Waals surface area contributed by atoms with Crippen LogP contribution in [0.2, 0.25) is 0 Å². The summed E-state index contributed by atoms with van der Waals surface area (Å²) in [6, 6.07) is 4.36. The van der Waals surface area contributed by atoms with Crippen LogP contribution in [0.3, 0.4) is 0 Å². The third-order valence-corrected chi connectivity index (χ3v) is 4.88. The van der Waals surface area contributed by atoms with Gasteiger partial charge in [-0.2, -0.15) is 17.5 Å². The molecule has 1 rings (SSSR count). The number of rotatable bonds is 5. The molecule has 0 radical (unpaired) electrons. The van der Waals surface area contributed by atoms with Gasteiger partial charge in [0.2, 0.25) is 10.0 Å². The van der Waals surface area contributed by atoms with Gasteiger partial charge in [-0.25, -0.2) is 8.42 Å². The van der Waals surface area contributed by atoms with Gasteiger partial charge in [0.15, 0.2) is 0 Å². The molecule has 0 bridgehead atoms. The van der Waals surface area contributed by atoms with E-state index in [4.69, 9.17) is 5.73 Å². The first-order valence-electron chi connectivity index (χ1n) is 5.98. The summed E-state index contributed by atoms with van der Waals surface area (Å²) in [5.41, 5.74) is 6.54. The van der Waals surface area contributed by atoms with Crippen molar-refractivity contribution < 1.29 is 21.6 Å². The zero-order chi connectivity index (χ0) is 15.6. The minimum Gasteiger partial charge on any atom is -0.326 e. The average molecular weight is 310 g/mol. The Morgan fingerprint density at radius 3 is 2.30 bits per heavy atom. The van der Waals surface area contributed by atoms with Crippen molar-refractivity contribution in [1.29, 1.82) is 0 Å². The lowest BCUT2D eigenvalue weighted by Gasteiger charge is -2.22. The molecule has 0 amide bonds. The molecule has 0 heterocycles. The Morgan fingerprint density at radius 1 is 1.30 bits per heavy atom. The van der Waals surface area contributed by atoms with Crippen molar-refractivity contribution in [2.75, 3.05) is 13.1 Å². The van der Waals surface area contributed by atoms with Crippen LogP contribution in [0.15, 0.2) is 23.1 Å². The number of hydrogen-bond acceptors (Lipinski definition) is 3. The maximum Gasteiger partial charge on any atom is 0.402 e. The van der Waals surface area contributed by atoms with Crippen molar-refractivity contribution in [2.45, 2.75) is 31.5 Å². The van der Waals surface area contributed by atoms with Crippen molar-refractivity contribution in [2.24, 2.45) is 5.73 Å². The van der Waals surface area contributed by atoms with Gasteiger partial charge in [-0.05, 0) is 24.1 Å². The summed E-state index contributed by atoms with van der Waals surface area (Å²) >= 11 is 0. The fraction of sp³-hybridized carbons (Fsp3) is 0.500. The molecule has 4 nitrogen and oxygen atoms in total. The first kappa shape index (κ1) is 16.9. The highest BCUT2D eigenvalue weighted by Crippen LogP contribution is 2.25. The number of aryl methyl sites for hydroxylation is 1. The number of alkyl halides is 3. The minimum absolute atomic E-state index is 0.124. The molecule has 0 aromatic heterocycles. The van der Waals surface area contributed by atoms with E-state index in [1.807, 2.05) is 0 Å². The zero-order valence-electron chi connectivity index (χ0n) is 11.2. The lowest BCUT2D eigenvalue weighted by Crippen LogP contribution is -2.39. The minimum atomic E-state index is -4.58. The van der Waals surface area contributed by atoms with Crippen LogP contribution in [0, 0.1) is 6.92 Å². The summed E-state index contributed by atoms with van der Waals surface area (Å²) in [5, 5.41) is 0. The molecule has 1 aromatic rings. The van der Waals surface area contributed by atoms with Crippen molar-refractivity contribution in [3.8, 4) is 0 Å². The highest BCUT2D eigenvalue weighted by Gasteiger charge is 2.36. The maximum atomic E-state index is 12.4. The van der Waals surface area contributed by atoms with E-state index in [2.05, 4.69) is 0 Å². The van der Waals surface area contributed by atoms with Crippen molar-refractivity contribution in [3.63, 3.8) is 0 Å². The molecule has 114 valence electrons. The Morgan fingerprint density at radius 2 is 1.90 bits per heavy atom. The predicted molar refractivity (Wildman–Crippen MR) is 69.6 cm³/mol. The van der Waals surface area contributed by atoms with Gasteiger partial charge in [-0.15, -0.1) is 0 Å². The average Bonchev–Trinajstić information content (AvgIpc) is 2.34.